The molecule has 3 aromatic carbocycles. The first-order valence-corrected chi connectivity index (χ1v) is 14.0. The molecule has 0 unspecified atom stereocenters. The summed E-state index contributed by atoms with van der Waals surface area (Å²) in [5.41, 5.74) is 0. The van der Waals surface area contributed by atoms with E-state index in [1.54, 1.807) is 0 Å². The Kier molecular flexibility index (Phi) is 8.44. The molecule has 0 aromatic heterocycles. The van der Waals surface area contributed by atoms with Gasteiger partial charge < -0.3 is 0 Å². The number of benzene rings is 3. The van der Waals surface area contributed by atoms with Gasteiger partial charge in [-0.15, -0.1) is 0 Å². The van der Waals surface area contributed by atoms with Crippen molar-refractivity contribution in [2.75, 3.05) is 0 Å². The summed E-state index contributed by atoms with van der Waals surface area (Å²) in [5, 5.41) is 1.01. The second-order valence-corrected chi connectivity index (χ2v) is 12.7. The van der Waals surface area contributed by atoms with Crippen LogP contribution in [0.2, 0.25) is 0 Å². The van der Waals surface area contributed by atoms with Crippen LogP contribution in [-0.4, -0.2) is 68.5 Å². The molecule has 14 heteroatoms. The summed E-state index contributed by atoms with van der Waals surface area (Å²) in [6.07, 6.45) is 0. The van der Waals surface area contributed by atoms with Gasteiger partial charge in [0.1, 0.15) is 0 Å². The van der Waals surface area contributed by atoms with Gasteiger partial charge in [-0.3, -0.25) is 13.7 Å². The number of hydrogen-bond acceptors (Lipinski definition) is 6. The molecule has 0 saturated heterocycles. The quantitative estimate of drug-likeness (QED) is 0.236. The molecule has 0 aliphatic heterocycles. The van der Waals surface area contributed by atoms with Crippen LogP contribution in [0.1, 0.15) is 0 Å². The number of hydrogen-bond donors (Lipinski definition) is 3. The summed E-state index contributed by atoms with van der Waals surface area (Å²) in [4.78, 5) is -1.22. The second-order valence-electron chi connectivity index (χ2n) is 6.25. The first kappa shape index (κ1) is 27.1. The van der Waals surface area contributed by atoms with E-state index in [4.69, 9.17) is 0 Å². The monoisotopic (exact) mass is 526 g/mol. The molecule has 3 aromatic rings. The van der Waals surface area contributed by atoms with E-state index in [2.05, 4.69) is 0 Å². The van der Waals surface area contributed by atoms with Gasteiger partial charge >= 0.3 is 29.6 Å². The fraction of sp³-hybridized carbons (Fsp3) is 0. The molecule has 3 rings (SSSR count). The molecule has 0 spiro atoms. The van der Waals surface area contributed by atoms with Crippen molar-refractivity contribution in [1.82, 2.24) is 0 Å². The van der Waals surface area contributed by atoms with Gasteiger partial charge in [0, 0.05) is 0 Å². The standard InChI is InChI=1S/C18H15O9PS3.Na.H/c19-29(20,21)16-7-1-4-13(10-16)28(14-5-2-8-17(11-14)30(22,23)24)15-6-3-9-18(12-15)31(25,26)27;;/h1-12H,(H,19,20,21)(H,22,23,24)(H,25,26,27);;. The Morgan fingerprint density at radius 2 is 0.750 bits per heavy atom. The molecule has 0 heterocycles. The van der Waals surface area contributed by atoms with Crippen molar-refractivity contribution in [3.05, 3.63) is 72.8 Å². The first-order chi connectivity index (χ1) is 14.3. The van der Waals surface area contributed by atoms with E-state index in [0.29, 0.717) is 15.9 Å². The zero-order valence-electron chi connectivity index (χ0n) is 15.4. The van der Waals surface area contributed by atoms with Gasteiger partial charge in [0.25, 0.3) is 30.4 Å². The average molecular weight is 526 g/mol. The van der Waals surface area contributed by atoms with Gasteiger partial charge in [0.05, 0.1) is 14.7 Å². The van der Waals surface area contributed by atoms with Crippen molar-refractivity contribution in [3.8, 4) is 0 Å². The molecule has 32 heavy (non-hydrogen) atoms. The van der Waals surface area contributed by atoms with Crippen LogP contribution in [0.5, 0.6) is 0 Å². The Labute approximate surface area is 208 Å². The molecule has 0 aliphatic carbocycles. The van der Waals surface area contributed by atoms with E-state index < -0.39 is 53.0 Å². The van der Waals surface area contributed by atoms with Gasteiger partial charge in [-0.1, -0.05) is 36.4 Å². The van der Waals surface area contributed by atoms with Crippen molar-refractivity contribution in [3.63, 3.8) is 0 Å². The van der Waals surface area contributed by atoms with Crippen LogP contribution in [0.15, 0.2) is 87.5 Å². The Morgan fingerprint density at radius 1 is 0.500 bits per heavy atom. The van der Waals surface area contributed by atoms with Crippen LogP contribution in [0.3, 0.4) is 0 Å². The summed E-state index contributed by atoms with van der Waals surface area (Å²) in [5.74, 6) is 0. The Morgan fingerprint density at radius 3 is 0.969 bits per heavy atom. The van der Waals surface area contributed by atoms with E-state index in [9.17, 15) is 38.9 Å². The van der Waals surface area contributed by atoms with E-state index in [-0.39, 0.29) is 29.6 Å². The third-order valence-electron chi connectivity index (χ3n) is 4.12. The van der Waals surface area contributed by atoms with Crippen molar-refractivity contribution >= 4 is 83.7 Å². The molecule has 0 fully saturated rings. The first-order valence-electron chi connectivity index (χ1n) is 8.30. The van der Waals surface area contributed by atoms with Gasteiger partial charge in [0.2, 0.25) is 0 Å². The molecular formula is C18H16NaO9PS3. The van der Waals surface area contributed by atoms with Crippen LogP contribution in [0.25, 0.3) is 0 Å². The van der Waals surface area contributed by atoms with Crippen molar-refractivity contribution in [2.24, 2.45) is 0 Å². The maximum atomic E-state index is 11.6. The topological polar surface area (TPSA) is 163 Å². The molecule has 3 N–H and O–H groups in total. The average Bonchev–Trinajstić information content (AvgIpc) is 2.67. The van der Waals surface area contributed by atoms with Crippen molar-refractivity contribution in [1.29, 1.82) is 0 Å². The van der Waals surface area contributed by atoms with Gasteiger partial charge in [-0.25, -0.2) is 0 Å². The molecule has 0 aliphatic rings. The minimum absolute atomic E-state index is 0. The third kappa shape index (κ3) is 6.45. The molecule has 0 amide bonds. The summed E-state index contributed by atoms with van der Waals surface area (Å²) < 4.78 is 97.7. The SMILES string of the molecule is O=S(=O)(O)c1cccc(P(c2cccc(S(=O)(=O)O)c2)c2cccc(S(=O)(=O)O)c2)c1.[NaH]. The summed E-state index contributed by atoms with van der Waals surface area (Å²) in [6.45, 7) is 0. The predicted octanol–water partition coefficient (Wildman–Crippen LogP) is 0.536. The third-order valence-corrected chi connectivity index (χ3v) is 9.05. The van der Waals surface area contributed by atoms with Crippen LogP contribution >= 0.6 is 7.92 Å². The van der Waals surface area contributed by atoms with E-state index in [1.807, 2.05) is 0 Å². The molecule has 0 radical (unpaired) electrons. The fourth-order valence-electron chi connectivity index (χ4n) is 2.80. The van der Waals surface area contributed by atoms with E-state index in [0.717, 1.165) is 18.2 Å². The van der Waals surface area contributed by atoms with Crippen LogP contribution in [0.4, 0.5) is 0 Å². The van der Waals surface area contributed by atoms with Crippen LogP contribution in [-0.2, 0) is 30.4 Å². The predicted molar refractivity (Wildman–Crippen MR) is 122 cm³/mol. The van der Waals surface area contributed by atoms with Crippen molar-refractivity contribution < 1.29 is 38.9 Å². The van der Waals surface area contributed by atoms with Crippen LogP contribution < -0.4 is 15.9 Å². The normalized spacial score (nSPS) is 12.4. The molecule has 9 nitrogen and oxygen atoms in total. The fourth-order valence-corrected chi connectivity index (χ4v) is 7.04. The Bertz CT molecular complexity index is 1290. The molecule has 0 bridgehead atoms. The summed E-state index contributed by atoms with van der Waals surface area (Å²) in [6, 6.07) is 15.7. The molecule has 0 atom stereocenters. The zero-order chi connectivity index (χ0) is 23.0. The Balaban J connectivity index is 0.00000363. The Hall–Kier alpha value is -1.18. The van der Waals surface area contributed by atoms with Crippen LogP contribution in [0, 0.1) is 0 Å². The maximum absolute atomic E-state index is 11.6. The van der Waals surface area contributed by atoms with Gasteiger partial charge in [0.15, 0.2) is 0 Å². The van der Waals surface area contributed by atoms with Gasteiger partial charge in [-0.05, 0) is 60.2 Å². The zero-order valence-corrected chi connectivity index (χ0v) is 18.7. The summed E-state index contributed by atoms with van der Waals surface area (Å²) >= 11 is 0. The molecule has 0 saturated carbocycles. The van der Waals surface area contributed by atoms with E-state index >= 15 is 0 Å². The summed E-state index contributed by atoms with van der Waals surface area (Å²) in [7, 11) is -15.4. The molecule has 166 valence electrons. The van der Waals surface area contributed by atoms with E-state index in [1.165, 1.54) is 54.6 Å². The molecular weight excluding hydrogens is 510 g/mol. The van der Waals surface area contributed by atoms with Crippen molar-refractivity contribution in [2.45, 2.75) is 14.7 Å². The van der Waals surface area contributed by atoms with Gasteiger partial charge in [-0.2, -0.15) is 25.3 Å². The number of rotatable bonds is 6. The minimum atomic E-state index is -4.55. The second kappa shape index (κ2) is 9.98.